The number of carbonyl (C=O) groups is 1. The number of ether oxygens (including phenoxy) is 3. The predicted octanol–water partition coefficient (Wildman–Crippen LogP) is 2.71. The molecule has 0 aliphatic rings. The highest BCUT2D eigenvalue weighted by atomic mass is 16.5. The van der Waals surface area contributed by atoms with Gasteiger partial charge in [0, 0.05) is 6.20 Å². The molecule has 0 atom stereocenters. The topological polar surface area (TPSA) is 62.1 Å². The summed E-state index contributed by atoms with van der Waals surface area (Å²) in [7, 11) is 2.95. The number of imidazole rings is 1. The first kappa shape index (κ1) is 14.9. The van der Waals surface area contributed by atoms with Crippen LogP contribution >= 0.6 is 0 Å². The van der Waals surface area contributed by atoms with Gasteiger partial charge in [-0.2, -0.15) is 0 Å². The summed E-state index contributed by atoms with van der Waals surface area (Å²) in [6, 6.07) is 10.8. The normalized spacial score (nSPS) is 10.5. The molecule has 0 amide bonds. The van der Waals surface area contributed by atoms with Crippen molar-refractivity contribution in [2.75, 3.05) is 14.2 Å². The number of benzene rings is 1. The average Bonchev–Trinajstić information content (AvgIpc) is 3.01. The third-order valence-corrected chi connectivity index (χ3v) is 3.46. The Labute approximate surface area is 133 Å². The van der Waals surface area contributed by atoms with Crippen LogP contribution in [0.2, 0.25) is 0 Å². The number of methoxy groups -OCH3 is 2. The molecule has 2 heterocycles. The molecule has 0 saturated heterocycles. The van der Waals surface area contributed by atoms with Gasteiger partial charge >= 0.3 is 5.97 Å². The lowest BCUT2D eigenvalue weighted by molar-refractivity contribution is 0.0600. The number of pyridine rings is 1. The van der Waals surface area contributed by atoms with Gasteiger partial charge in [-0.05, 0) is 24.3 Å². The van der Waals surface area contributed by atoms with E-state index in [4.69, 9.17) is 14.2 Å². The molecule has 1 aromatic carbocycles. The summed E-state index contributed by atoms with van der Waals surface area (Å²) in [5, 5.41) is 0. The molecule has 0 aliphatic heterocycles. The van der Waals surface area contributed by atoms with Crippen molar-refractivity contribution < 1.29 is 19.0 Å². The molecule has 6 nitrogen and oxygen atoms in total. The van der Waals surface area contributed by atoms with Crippen LogP contribution in [0.25, 0.3) is 5.65 Å². The second kappa shape index (κ2) is 6.39. The molecule has 0 unspecified atom stereocenters. The monoisotopic (exact) mass is 312 g/mol. The molecule has 3 aromatic rings. The van der Waals surface area contributed by atoms with Crippen LogP contribution < -0.4 is 9.47 Å². The molecule has 0 aliphatic carbocycles. The van der Waals surface area contributed by atoms with Crippen LogP contribution in [-0.2, 0) is 11.3 Å². The maximum Gasteiger partial charge on any atom is 0.338 e. The standard InChI is InChI=1S/C17H16N2O4/c1-21-14-5-3-4-6-15(14)23-11-13-10-18-16-9-12(17(20)22-2)7-8-19(13)16/h3-10H,11H2,1-2H3. The zero-order chi connectivity index (χ0) is 16.2. The Hall–Kier alpha value is -3.02. The second-order valence-corrected chi connectivity index (χ2v) is 4.82. The molecule has 0 N–H and O–H groups in total. The van der Waals surface area contributed by atoms with E-state index in [1.807, 2.05) is 28.7 Å². The number of fused-ring (bicyclic) bond motifs is 1. The van der Waals surface area contributed by atoms with Gasteiger partial charge in [0.15, 0.2) is 11.5 Å². The number of hydrogen-bond acceptors (Lipinski definition) is 5. The molecule has 0 saturated carbocycles. The lowest BCUT2D eigenvalue weighted by Crippen LogP contribution is -2.04. The van der Waals surface area contributed by atoms with Gasteiger partial charge in [-0.3, -0.25) is 0 Å². The van der Waals surface area contributed by atoms with E-state index in [-0.39, 0.29) is 5.97 Å². The zero-order valence-electron chi connectivity index (χ0n) is 12.9. The minimum absolute atomic E-state index is 0.332. The molecule has 6 heteroatoms. The van der Waals surface area contributed by atoms with Crippen molar-refractivity contribution in [3.8, 4) is 11.5 Å². The van der Waals surface area contributed by atoms with Gasteiger partial charge in [-0.25, -0.2) is 9.78 Å². The number of nitrogens with zero attached hydrogens (tertiary/aromatic N) is 2. The summed E-state index contributed by atoms with van der Waals surface area (Å²) < 4.78 is 17.6. The van der Waals surface area contributed by atoms with E-state index in [1.165, 1.54) is 7.11 Å². The average molecular weight is 312 g/mol. The van der Waals surface area contributed by atoms with Gasteiger partial charge < -0.3 is 18.6 Å². The van der Waals surface area contributed by atoms with Crippen molar-refractivity contribution in [3.05, 3.63) is 60.0 Å². The minimum atomic E-state index is -0.387. The lowest BCUT2D eigenvalue weighted by Gasteiger charge is -2.10. The zero-order valence-corrected chi connectivity index (χ0v) is 12.9. The number of para-hydroxylation sites is 2. The van der Waals surface area contributed by atoms with Crippen LogP contribution in [0.15, 0.2) is 48.8 Å². The molecule has 0 fully saturated rings. The summed E-state index contributed by atoms with van der Waals surface area (Å²) in [6.07, 6.45) is 3.49. The fourth-order valence-electron chi connectivity index (χ4n) is 2.27. The van der Waals surface area contributed by atoms with Crippen LogP contribution in [0.3, 0.4) is 0 Å². The number of carbonyl (C=O) groups excluding carboxylic acids is 1. The molecular formula is C17H16N2O4. The number of hydrogen-bond donors (Lipinski definition) is 0. The van der Waals surface area contributed by atoms with E-state index < -0.39 is 0 Å². The smallest absolute Gasteiger partial charge is 0.338 e. The van der Waals surface area contributed by atoms with Crippen LogP contribution in [0, 0.1) is 0 Å². The Morgan fingerprint density at radius 2 is 1.96 bits per heavy atom. The highest BCUT2D eigenvalue weighted by Crippen LogP contribution is 2.26. The quantitative estimate of drug-likeness (QED) is 0.678. The Morgan fingerprint density at radius 3 is 2.70 bits per heavy atom. The number of esters is 1. The first-order chi connectivity index (χ1) is 11.2. The summed E-state index contributed by atoms with van der Waals surface area (Å²) in [5.74, 6) is 0.952. The van der Waals surface area contributed by atoms with Gasteiger partial charge in [0.1, 0.15) is 12.3 Å². The largest absolute Gasteiger partial charge is 0.493 e. The van der Waals surface area contributed by atoms with Crippen molar-refractivity contribution in [2.24, 2.45) is 0 Å². The third-order valence-electron chi connectivity index (χ3n) is 3.46. The van der Waals surface area contributed by atoms with E-state index >= 15 is 0 Å². The highest BCUT2D eigenvalue weighted by molar-refractivity contribution is 5.90. The molecule has 0 spiro atoms. The third kappa shape index (κ3) is 2.96. The molecular weight excluding hydrogens is 296 g/mol. The van der Waals surface area contributed by atoms with Gasteiger partial charge in [0.05, 0.1) is 31.7 Å². The fourth-order valence-corrected chi connectivity index (χ4v) is 2.27. The maximum absolute atomic E-state index is 11.5. The second-order valence-electron chi connectivity index (χ2n) is 4.82. The van der Waals surface area contributed by atoms with Crippen molar-refractivity contribution in [3.63, 3.8) is 0 Å². The van der Waals surface area contributed by atoms with Gasteiger partial charge in [-0.1, -0.05) is 12.1 Å². The Morgan fingerprint density at radius 1 is 1.17 bits per heavy atom. The van der Waals surface area contributed by atoms with Crippen molar-refractivity contribution in [1.82, 2.24) is 9.38 Å². The predicted molar refractivity (Wildman–Crippen MR) is 83.9 cm³/mol. The Bertz CT molecular complexity index is 841. The number of aromatic nitrogens is 2. The Balaban J connectivity index is 1.82. The molecule has 0 radical (unpaired) electrons. The van der Waals surface area contributed by atoms with E-state index in [1.54, 1.807) is 31.6 Å². The highest BCUT2D eigenvalue weighted by Gasteiger charge is 2.10. The van der Waals surface area contributed by atoms with Crippen LogP contribution in [0.1, 0.15) is 16.1 Å². The van der Waals surface area contributed by atoms with Gasteiger partial charge in [-0.15, -0.1) is 0 Å². The minimum Gasteiger partial charge on any atom is -0.493 e. The summed E-state index contributed by atoms with van der Waals surface area (Å²) >= 11 is 0. The summed E-state index contributed by atoms with van der Waals surface area (Å²) in [6.45, 7) is 0.332. The van der Waals surface area contributed by atoms with Crippen LogP contribution in [0.4, 0.5) is 0 Å². The van der Waals surface area contributed by atoms with E-state index in [0.29, 0.717) is 29.3 Å². The van der Waals surface area contributed by atoms with E-state index in [9.17, 15) is 4.79 Å². The molecule has 23 heavy (non-hydrogen) atoms. The van der Waals surface area contributed by atoms with E-state index in [2.05, 4.69) is 4.98 Å². The van der Waals surface area contributed by atoms with Gasteiger partial charge in [0.25, 0.3) is 0 Å². The summed E-state index contributed by atoms with van der Waals surface area (Å²) in [4.78, 5) is 15.8. The van der Waals surface area contributed by atoms with Crippen LogP contribution in [0.5, 0.6) is 11.5 Å². The van der Waals surface area contributed by atoms with E-state index in [0.717, 1.165) is 5.69 Å². The number of rotatable bonds is 5. The van der Waals surface area contributed by atoms with Gasteiger partial charge in [0.2, 0.25) is 0 Å². The molecule has 2 aromatic heterocycles. The van der Waals surface area contributed by atoms with Crippen molar-refractivity contribution in [2.45, 2.75) is 6.61 Å². The maximum atomic E-state index is 11.5. The SMILES string of the molecule is COC(=O)c1ccn2c(COc3ccccc3OC)cnc2c1. The van der Waals surface area contributed by atoms with Crippen molar-refractivity contribution in [1.29, 1.82) is 0 Å². The van der Waals surface area contributed by atoms with Crippen molar-refractivity contribution >= 4 is 11.6 Å². The first-order valence-electron chi connectivity index (χ1n) is 7.03. The summed E-state index contributed by atoms with van der Waals surface area (Å²) in [5.41, 5.74) is 1.98. The fraction of sp³-hybridized carbons (Fsp3) is 0.176. The lowest BCUT2D eigenvalue weighted by atomic mass is 10.2. The molecule has 0 bridgehead atoms. The molecule has 3 rings (SSSR count). The Kier molecular flexibility index (Phi) is 4.14. The molecule has 118 valence electrons. The first-order valence-corrected chi connectivity index (χ1v) is 7.03. The van der Waals surface area contributed by atoms with Crippen LogP contribution in [-0.4, -0.2) is 29.6 Å².